The summed E-state index contributed by atoms with van der Waals surface area (Å²) in [4.78, 5) is 7.22. The largest absolute Gasteiger partial charge is 0.492 e. The maximum absolute atomic E-state index is 13.8. The van der Waals surface area contributed by atoms with Gasteiger partial charge in [0.2, 0.25) is 10.8 Å². The number of hydrogen-bond acceptors (Lipinski definition) is 4. The molecule has 1 saturated heterocycles. The van der Waals surface area contributed by atoms with Gasteiger partial charge in [0.05, 0.1) is 13.1 Å². The molecule has 4 rings (SSSR count). The molecule has 1 fully saturated rings. The molecule has 0 bridgehead atoms. The van der Waals surface area contributed by atoms with Crippen LogP contribution in [0.5, 0.6) is 5.88 Å². The zero-order chi connectivity index (χ0) is 16.7. The third kappa shape index (κ3) is 2.67. The molecular weight excluding hydrogens is 327 g/mol. The zero-order valence-electron chi connectivity index (χ0n) is 13.5. The lowest BCUT2D eigenvalue weighted by atomic mass is 10.0. The quantitative estimate of drug-likeness (QED) is 0.763. The number of likely N-dealkylation sites (tertiary alicyclic amines) is 1. The number of piperidine rings is 1. The first-order chi connectivity index (χ1) is 11.6. The van der Waals surface area contributed by atoms with Crippen LogP contribution in [0, 0.1) is 12.7 Å². The Hall–Kier alpha value is -1.99. The molecule has 0 radical (unpaired) electrons. The third-order valence-electron chi connectivity index (χ3n) is 4.65. The summed E-state index contributed by atoms with van der Waals surface area (Å²) in [5, 5.41) is 15.0. The minimum atomic E-state index is -0.247. The summed E-state index contributed by atoms with van der Waals surface area (Å²) >= 11 is 1.44. The van der Waals surface area contributed by atoms with Gasteiger partial charge in [-0.3, -0.25) is 0 Å². The van der Waals surface area contributed by atoms with Gasteiger partial charge in [-0.15, -0.1) is 5.10 Å². The SMILES string of the molecule is Cc1nc2sc([C@@H](c3cccc(F)c3)[NH+]3CCCCC3)c(O)n2n1. The van der Waals surface area contributed by atoms with Gasteiger partial charge in [-0.1, -0.05) is 23.5 Å². The Balaban J connectivity index is 1.84. The molecule has 1 aliphatic rings. The van der Waals surface area contributed by atoms with E-state index in [2.05, 4.69) is 10.1 Å². The first-order valence-electron chi connectivity index (χ1n) is 8.28. The Morgan fingerprint density at radius 2 is 2.08 bits per heavy atom. The van der Waals surface area contributed by atoms with Gasteiger partial charge >= 0.3 is 0 Å². The van der Waals surface area contributed by atoms with E-state index in [1.54, 1.807) is 19.1 Å². The van der Waals surface area contributed by atoms with E-state index in [1.807, 2.05) is 6.07 Å². The van der Waals surface area contributed by atoms with Gasteiger partial charge in [-0.25, -0.2) is 9.37 Å². The highest BCUT2D eigenvalue weighted by atomic mass is 32.1. The summed E-state index contributed by atoms with van der Waals surface area (Å²) in [5.74, 6) is 0.516. The molecule has 1 aliphatic heterocycles. The van der Waals surface area contributed by atoms with Gasteiger partial charge < -0.3 is 10.0 Å². The molecule has 0 aliphatic carbocycles. The van der Waals surface area contributed by atoms with Crippen LogP contribution in [0.4, 0.5) is 4.39 Å². The normalized spacial score (nSPS) is 17.4. The van der Waals surface area contributed by atoms with Crippen molar-refractivity contribution in [1.29, 1.82) is 0 Å². The van der Waals surface area contributed by atoms with Crippen LogP contribution in [-0.2, 0) is 0 Å². The van der Waals surface area contributed by atoms with E-state index in [0.29, 0.717) is 10.8 Å². The number of aryl methyl sites for hydroxylation is 1. The van der Waals surface area contributed by atoms with Crippen molar-refractivity contribution in [2.45, 2.75) is 32.2 Å². The van der Waals surface area contributed by atoms with Crippen LogP contribution < -0.4 is 4.90 Å². The molecule has 126 valence electrons. The Morgan fingerprint density at radius 1 is 1.29 bits per heavy atom. The number of aromatic nitrogens is 3. The number of aromatic hydroxyl groups is 1. The number of thiazole rings is 1. The molecule has 5 nitrogen and oxygen atoms in total. The van der Waals surface area contributed by atoms with E-state index in [1.165, 1.54) is 33.2 Å². The molecule has 0 spiro atoms. The van der Waals surface area contributed by atoms with Crippen molar-refractivity contribution in [2.75, 3.05) is 13.1 Å². The Morgan fingerprint density at radius 3 is 2.79 bits per heavy atom. The topological polar surface area (TPSA) is 54.9 Å². The fourth-order valence-corrected chi connectivity index (χ4v) is 4.78. The van der Waals surface area contributed by atoms with E-state index >= 15 is 0 Å². The Labute approximate surface area is 143 Å². The van der Waals surface area contributed by atoms with Crippen LogP contribution in [0.1, 0.15) is 41.6 Å². The first-order valence-corrected chi connectivity index (χ1v) is 9.10. The maximum Gasteiger partial charge on any atom is 0.235 e. The summed E-state index contributed by atoms with van der Waals surface area (Å²) in [5.41, 5.74) is 0.892. The number of hydrogen-bond donors (Lipinski definition) is 2. The number of rotatable bonds is 3. The average Bonchev–Trinajstić information content (AvgIpc) is 3.07. The smallest absolute Gasteiger partial charge is 0.235 e. The number of nitrogens with one attached hydrogen (secondary N) is 1. The fraction of sp³-hybridized carbons (Fsp3) is 0.412. The van der Waals surface area contributed by atoms with Gasteiger partial charge in [-0.05, 0) is 38.3 Å². The van der Waals surface area contributed by atoms with E-state index in [4.69, 9.17) is 0 Å². The molecule has 3 heterocycles. The number of halogens is 1. The van der Waals surface area contributed by atoms with Crippen LogP contribution in [-0.4, -0.2) is 32.8 Å². The van der Waals surface area contributed by atoms with Crippen LogP contribution in [0.3, 0.4) is 0 Å². The third-order valence-corrected chi connectivity index (χ3v) is 5.74. The average molecular weight is 347 g/mol. The molecule has 2 N–H and O–H groups in total. The van der Waals surface area contributed by atoms with Crippen molar-refractivity contribution in [3.63, 3.8) is 0 Å². The van der Waals surface area contributed by atoms with Crippen LogP contribution in [0.15, 0.2) is 24.3 Å². The molecule has 24 heavy (non-hydrogen) atoms. The van der Waals surface area contributed by atoms with Crippen molar-refractivity contribution in [3.8, 4) is 5.88 Å². The second kappa shape index (κ2) is 6.14. The van der Waals surface area contributed by atoms with Crippen molar-refractivity contribution < 1.29 is 14.4 Å². The van der Waals surface area contributed by atoms with Crippen LogP contribution in [0.2, 0.25) is 0 Å². The summed E-state index contributed by atoms with van der Waals surface area (Å²) in [6, 6.07) is 6.62. The predicted molar refractivity (Wildman–Crippen MR) is 90.1 cm³/mol. The van der Waals surface area contributed by atoms with E-state index in [0.717, 1.165) is 36.4 Å². The molecule has 7 heteroatoms. The molecule has 3 aromatic rings. The maximum atomic E-state index is 13.8. The van der Waals surface area contributed by atoms with Gasteiger partial charge in [0.1, 0.15) is 16.5 Å². The minimum Gasteiger partial charge on any atom is -0.492 e. The van der Waals surface area contributed by atoms with Crippen molar-refractivity contribution in [2.24, 2.45) is 0 Å². The summed E-state index contributed by atoms with van der Waals surface area (Å²) < 4.78 is 15.3. The Bertz CT molecular complexity index is 869. The number of benzene rings is 1. The molecular formula is C17H20FN4OS+. The second-order valence-corrected chi connectivity index (χ2v) is 7.36. The van der Waals surface area contributed by atoms with Crippen molar-refractivity contribution in [1.82, 2.24) is 14.6 Å². The van der Waals surface area contributed by atoms with Crippen LogP contribution >= 0.6 is 11.3 Å². The molecule has 1 aromatic carbocycles. The number of nitrogens with zero attached hydrogens (tertiary/aromatic N) is 3. The number of fused-ring (bicyclic) bond motifs is 1. The van der Waals surface area contributed by atoms with E-state index in [-0.39, 0.29) is 17.7 Å². The minimum absolute atomic E-state index is 0.0881. The highest BCUT2D eigenvalue weighted by Crippen LogP contribution is 2.35. The van der Waals surface area contributed by atoms with Crippen molar-refractivity contribution in [3.05, 3.63) is 46.3 Å². The molecule has 0 saturated carbocycles. The zero-order valence-corrected chi connectivity index (χ0v) is 14.3. The van der Waals surface area contributed by atoms with Crippen molar-refractivity contribution >= 4 is 16.3 Å². The lowest BCUT2D eigenvalue weighted by molar-refractivity contribution is -0.930. The summed E-state index contributed by atoms with van der Waals surface area (Å²) in [6.07, 6.45) is 3.55. The standard InChI is InChI=1S/C17H19FN4OS/c1-11-19-17-22(20-11)16(23)15(24-17)14(21-8-3-2-4-9-21)12-6-5-7-13(18)10-12/h5-7,10,14,23H,2-4,8-9H2,1H3/p+1/t14-/m1/s1. The highest BCUT2D eigenvalue weighted by Gasteiger charge is 2.33. The monoisotopic (exact) mass is 347 g/mol. The lowest BCUT2D eigenvalue weighted by Gasteiger charge is -2.31. The lowest BCUT2D eigenvalue weighted by Crippen LogP contribution is -3.13. The molecule has 0 unspecified atom stereocenters. The second-order valence-electron chi connectivity index (χ2n) is 6.35. The van der Waals surface area contributed by atoms with E-state index in [9.17, 15) is 9.50 Å². The Kier molecular flexibility index (Phi) is 3.97. The van der Waals surface area contributed by atoms with Gasteiger partial charge in [0.25, 0.3) is 0 Å². The van der Waals surface area contributed by atoms with Gasteiger partial charge in [0, 0.05) is 5.56 Å². The molecule has 1 atom stereocenters. The molecule has 2 aromatic heterocycles. The fourth-order valence-electron chi connectivity index (χ4n) is 3.59. The van der Waals surface area contributed by atoms with Crippen LogP contribution in [0.25, 0.3) is 4.96 Å². The summed E-state index contributed by atoms with van der Waals surface area (Å²) in [7, 11) is 0. The number of quaternary nitrogens is 1. The highest BCUT2D eigenvalue weighted by molar-refractivity contribution is 7.17. The predicted octanol–water partition coefficient (Wildman–Crippen LogP) is 2.10. The first kappa shape index (κ1) is 15.5. The van der Waals surface area contributed by atoms with E-state index < -0.39 is 0 Å². The van der Waals surface area contributed by atoms with Gasteiger partial charge in [-0.2, -0.15) is 4.52 Å². The molecule has 0 amide bonds. The van der Waals surface area contributed by atoms with Gasteiger partial charge in [0.15, 0.2) is 6.04 Å². The summed E-state index contributed by atoms with van der Waals surface area (Å²) in [6.45, 7) is 3.85.